The number of hydrogen-bond acceptors (Lipinski definition) is 5. The number of rotatable bonds is 6. The number of aryl methyl sites for hydroxylation is 2. The molecule has 2 aromatic rings. The Hall–Kier alpha value is -1.33. The van der Waals surface area contributed by atoms with Gasteiger partial charge in [-0.3, -0.25) is 4.98 Å². The van der Waals surface area contributed by atoms with Crippen LogP contribution in [0.25, 0.3) is 10.7 Å². The molecule has 0 aliphatic heterocycles. The molecule has 1 N–H and O–H groups in total. The van der Waals surface area contributed by atoms with Gasteiger partial charge in [-0.05, 0) is 38.3 Å². The molecule has 0 radical (unpaired) electrons. The summed E-state index contributed by atoms with van der Waals surface area (Å²) in [6.45, 7) is 11.8. The normalized spacial score (nSPS) is 12.9. The molecular weight excluding hydrogens is 280 g/mol. The molecule has 0 fully saturated rings. The van der Waals surface area contributed by atoms with Gasteiger partial charge >= 0.3 is 0 Å². The highest BCUT2D eigenvalue weighted by molar-refractivity contribution is 7.13. The third-order valence-corrected chi connectivity index (χ3v) is 4.27. The van der Waals surface area contributed by atoms with Gasteiger partial charge in [0.2, 0.25) is 0 Å². The van der Waals surface area contributed by atoms with Crippen LogP contribution in [0.1, 0.15) is 37.7 Å². The van der Waals surface area contributed by atoms with Crippen LogP contribution in [-0.2, 0) is 6.42 Å². The minimum atomic E-state index is 0.527. The standard InChI is InChI=1S/C16H24N4S/c1-10(2)18-7-11(3)6-14-12(4)19-16(20-13(14)5)15-8-17-9-21-15/h8-11,18H,6-7H2,1-5H3. The quantitative estimate of drug-likeness (QED) is 0.888. The summed E-state index contributed by atoms with van der Waals surface area (Å²) in [6, 6.07) is 0.527. The van der Waals surface area contributed by atoms with Crippen molar-refractivity contribution in [1.82, 2.24) is 20.3 Å². The molecule has 21 heavy (non-hydrogen) atoms. The van der Waals surface area contributed by atoms with E-state index in [2.05, 4.69) is 54.9 Å². The maximum Gasteiger partial charge on any atom is 0.171 e. The molecule has 0 spiro atoms. The Morgan fingerprint density at radius 1 is 1.14 bits per heavy atom. The maximum atomic E-state index is 4.66. The first kappa shape index (κ1) is 16.0. The minimum absolute atomic E-state index is 0.527. The van der Waals surface area contributed by atoms with Crippen LogP contribution < -0.4 is 5.32 Å². The summed E-state index contributed by atoms with van der Waals surface area (Å²) in [5.41, 5.74) is 5.27. The number of nitrogens with one attached hydrogen (secondary N) is 1. The zero-order valence-corrected chi connectivity index (χ0v) is 14.3. The van der Waals surface area contributed by atoms with Gasteiger partial charge in [-0.1, -0.05) is 20.8 Å². The molecule has 1 unspecified atom stereocenters. The lowest BCUT2D eigenvalue weighted by molar-refractivity contribution is 0.473. The lowest BCUT2D eigenvalue weighted by Crippen LogP contribution is -2.29. The minimum Gasteiger partial charge on any atom is -0.314 e. The van der Waals surface area contributed by atoms with Crippen LogP contribution in [0.2, 0.25) is 0 Å². The summed E-state index contributed by atoms with van der Waals surface area (Å²) in [7, 11) is 0. The van der Waals surface area contributed by atoms with Crippen LogP contribution in [0.5, 0.6) is 0 Å². The summed E-state index contributed by atoms with van der Waals surface area (Å²) < 4.78 is 0. The molecule has 0 aromatic carbocycles. The molecule has 0 aliphatic carbocycles. The van der Waals surface area contributed by atoms with E-state index in [-0.39, 0.29) is 0 Å². The molecule has 0 saturated heterocycles. The fourth-order valence-corrected chi connectivity index (χ4v) is 2.88. The van der Waals surface area contributed by atoms with E-state index in [0.717, 1.165) is 35.1 Å². The van der Waals surface area contributed by atoms with Crippen molar-refractivity contribution >= 4 is 11.3 Å². The first-order valence-corrected chi connectivity index (χ1v) is 8.31. The molecule has 0 amide bonds. The predicted molar refractivity (Wildman–Crippen MR) is 88.6 cm³/mol. The van der Waals surface area contributed by atoms with Crippen LogP contribution in [0.4, 0.5) is 0 Å². The number of hydrogen-bond donors (Lipinski definition) is 1. The van der Waals surface area contributed by atoms with Crippen molar-refractivity contribution in [2.24, 2.45) is 5.92 Å². The largest absolute Gasteiger partial charge is 0.314 e. The molecule has 1 atom stereocenters. The second kappa shape index (κ2) is 7.09. The predicted octanol–water partition coefficient (Wildman–Crippen LogP) is 3.39. The van der Waals surface area contributed by atoms with Crippen molar-refractivity contribution < 1.29 is 0 Å². The van der Waals surface area contributed by atoms with E-state index in [1.165, 1.54) is 5.56 Å². The Labute approximate surface area is 131 Å². The van der Waals surface area contributed by atoms with Crippen molar-refractivity contribution in [3.63, 3.8) is 0 Å². The van der Waals surface area contributed by atoms with Gasteiger partial charge in [0.05, 0.1) is 10.4 Å². The lowest BCUT2D eigenvalue weighted by atomic mass is 9.98. The second-order valence-corrected chi connectivity index (χ2v) is 6.82. The lowest BCUT2D eigenvalue weighted by Gasteiger charge is -2.17. The van der Waals surface area contributed by atoms with Gasteiger partial charge in [0.1, 0.15) is 0 Å². The first-order chi connectivity index (χ1) is 9.97. The number of aromatic nitrogens is 3. The Bertz CT molecular complexity index is 555. The monoisotopic (exact) mass is 304 g/mol. The van der Waals surface area contributed by atoms with Crippen molar-refractivity contribution in [2.75, 3.05) is 6.54 Å². The average Bonchev–Trinajstić information content (AvgIpc) is 2.94. The fraction of sp³-hybridized carbons (Fsp3) is 0.562. The molecular formula is C16H24N4S. The van der Waals surface area contributed by atoms with Gasteiger partial charge in [0.15, 0.2) is 5.82 Å². The van der Waals surface area contributed by atoms with Gasteiger partial charge < -0.3 is 5.32 Å². The summed E-state index contributed by atoms with van der Waals surface area (Å²) in [6.07, 6.45) is 2.84. The topological polar surface area (TPSA) is 50.7 Å². The van der Waals surface area contributed by atoms with Crippen molar-refractivity contribution in [2.45, 2.75) is 47.1 Å². The average molecular weight is 304 g/mol. The van der Waals surface area contributed by atoms with E-state index in [1.807, 2.05) is 11.7 Å². The van der Waals surface area contributed by atoms with E-state index in [9.17, 15) is 0 Å². The highest BCUT2D eigenvalue weighted by Crippen LogP contribution is 2.23. The smallest absolute Gasteiger partial charge is 0.171 e. The molecule has 0 aliphatic rings. The van der Waals surface area contributed by atoms with Gasteiger partial charge in [0.25, 0.3) is 0 Å². The van der Waals surface area contributed by atoms with Gasteiger partial charge in [-0.25, -0.2) is 9.97 Å². The molecule has 2 rings (SSSR count). The molecule has 4 nitrogen and oxygen atoms in total. The van der Waals surface area contributed by atoms with Crippen LogP contribution in [0.3, 0.4) is 0 Å². The molecule has 114 valence electrons. The summed E-state index contributed by atoms with van der Waals surface area (Å²) in [5, 5.41) is 3.49. The SMILES string of the molecule is Cc1nc(-c2cncs2)nc(C)c1CC(C)CNC(C)C. The number of nitrogens with zero attached hydrogens (tertiary/aromatic N) is 3. The molecule has 2 heterocycles. The zero-order chi connectivity index (χ0) is 15.4. The van der Waals surface area contributed by atoms with Gasteiger partial charge in [-0.2, -0.15) is 0 Å². The third kappa shape index (κ3) is 4.32. The Kier molecular flexibility index (Phi) is 5.42. The summed E-state index contributed by atoms with van der Waals surface area (Å²) >= 11 is 1.58. The Balaban J connectivity index is 2.14. The molecule has 0 saturated carbocycles. The summed E-state index contributed by atoms with van der Waals surface area (Å²) in [4.78, 5) is 14.5. The molecule has 5 heteroatoms. The van der Waals surface area contributed by atoms with Crippen molar-refractivity contribution in [3.8, 4) is 10.7 Å². The van der Waals surface area contributed by atoms with Crippen LogP contribution in [0.15, 0.2) is 11.7 Å². The van der Waals surface area contributed by atoms with Gasteiger partial charge in [-0.15, -0.1) is 11.3 Å². The Morgan fingerprint density at radius 2 is 1.81 bits per heavy atom. The second-order valence-electron chi connectivity index (χ2n) is 5.93. The first-order valence-electron chi connectivity index (χ1n) is 7.43. The number of thiazole rings is 1. The molecule has 2 aromatic heterocycles. The fourth-order valence-electron chi connectivity index (χ4n) is 2.33. The Morgan fingerprint density at radius 3 is 2.33 bits per heavy atom. The maximum absolute atomic E-state index is 4.66. The van der Waals surface area contributed by atoms with E-state index in [4.69, 9.17) is 0 Å². The van der Waals surface area contributed by atoms with Crippen LogP contribution in [-0.4, -0.2) is 27.5 Å². The van der Waals surface area contributed by atoms with Crippen LogP contribution >= 0.6 is 11.3 Å². The molecule has 0 bridgehead atoms. The van der Waals surface area contributed by atoms with E-state index in [1.54, 1.807) is 11.3 Å². The van der Waals surface area contributed by atoms with Crippen molar-refractivity contribution in [3.05, 3.63) is 28.7 Å². The van der Waals surface area contributed by atoms with E-state index in [0.29, 0.717) is 12.0 Å². The highest BCUT2D eigenvalue weighted by Gasteiger charge is 2.14. The zero-order valence-electron chi connectivity index (χ0n) is 13.5. The van der Waals surface area contributed by atoms with Crippen molar-refractivity contribution in [1.29, 1.82) is 0 Å². The van der Waals surface area contributed by atoms with E-state index < -0.39 is 0 Å². The van der Waals surface area contributed by atoms with Gasteiger partial charge in [0, 0.05) is 23.6 Å². The van der Waals surface area contributed by atoms with E-state index >= 15 is 0 Å². The third-order valence-electron chi connectivity index (χ3n) is 3.50. The van der Waals surface area contributed by atoms with Crippen LogP contribution in [0, 0.1) is 19.8 Å². The highest BCUT2D eigenvalue weighted by atomic mass is 32.1. The summed E-state index contributed by atoms with van der Waals surface area (Å²) in [5.74, 6) is 1.37.